The molecule has 0 saturated carbocycles. The Morgan fingerprint density at radius 2 is 1.65 bits per heavy atom. The van der Waals surface area contributed by atoms with Gasteiger partial charge in [-0.2, -0.15) is 0 Å². The summed E-state index contributed by atoms with van der Waals surface area (Å²) in [5.41, 5.74) is 3.34. The van der Waals surface area contributed by atoms with Gasteiger partial charge < -0.3 is 9.84 Å². The summed E-state index contributed by atoms with van der Waals surface area (Å²) in [5.74, 6) is -0.230. The molecular weight excluding hydrogens is 422 g/mol. The fraction of sp³-hybridized carbons (Fsp3) is 0.233. The fourth-order valence-electron chi connectivity index (χ4n) is 4.98. The van der Waals surface area contributed by atoms with E-state index in [1.807, 2.05) is 42.5 Å². The Morgan fingerprint density at radius 3 is 2.47 bits per heavy atom. The van der Waals surface area contributed by atoms with Crippen LogP contribution in [0.4, 0.5) is 0 Å². The van der Waals surface area contributed by atoms with Crippen molar-refractivity contribution in [2.45, 2.75) is 25.5 Å². The van der Waals surface area contributed by atoms with E-state index in [1.165, 1.54) is 10.8 Å². The minimum absolute atomic E-state index is 0.0845. The Morgan fingerprint density at radius 1 is 0.912 bits per heavy atom. The van der Waals surface area contributed by atoms with E-state index >= 15 is 0 Å². The van der Waals surface area contributed by atoms with Crippen molar-refractivity contribution in [1.29, 1.82) is 0 Å². The Balaban J connectivity index is 1.55. The van der Waals surface area contributed by atoms with E-state index in [2.05, 4.69) is 59.5 Å². The molecule has 1 heterocycles. The molecule has 4 heteroatoms. The van der Waals surface area contributed by atoms with Crippen molar-refractivity contribution < 1.29 is 14.6 Å². The molecule has 4 aromatic rings. The van der Waals surface area contributed by atoms with Gasteiger partial charge in [-0.15, -0.1) is 0 Å². The van der Waals surface area contributed by atoms with Gasteiger partial charge in [0, 0.05) is 12.1 Å². The minimum atomic E-state index is -0.712. The van der Waals surface area contributed by atoms with Crippen LogP contribution < -0.4 is 4.74 Å². The number of para-hydroxylation sites is 1. The zero-order valence-electron chi connectivity index (χ0n) is 19.1. The SMILES string of the molecule is O=C(O)C1CCCN(C(c2ccc3ccccc3c2)c2ccccc2OCc2ccccc2)C1. The smallest absolute Gasteiger partial charge is 0.307 e. The lowest BCUT2D eigenvalue weighted by Crippen LogP contribution is -2.41. The van der Waals surface area contributed by atoms with Gasteiger partial charge in [0.25, 0.3) is 0 Å². The monoisotopic (exact) mass is 451 g/mol. The van der Waals surface area contributed by atoms with E-state index in [-0.39, 0.29) is 12.0 Å². The van der Waals surface area contributed by atoms with Gasteiger partial charge in [0.2, 0.25) is 0 Å². The number of benzene rings is 4. The summed E-state index contributed by atoms with van der Waals surface area (Å²) >= 11 is 0. The van der Waals surface area contributed by atoms with Crippen molar-refractivity contribution in [1.82, 2.24) is 4.90 Å². The molecule has 1 aliphatic heterocycles. The van der Waals surface area contributed by atoms with Crippen LogP contribution in [0.25, 0.3) is 10.8 Å². The molecule has 2 unspecified atom stereocenters. The van der Waals surface area contributed by atoms with Crippen LogP contribution in [0.1, 0.15) is 35.6 Å². The van der Waals surface area contributed by atoms with Crippen molar-refractivity contribution in [2.75, 3.05) is 13.1 Å². The Kier molecular flexibility index (Phi) is 6.59. The van der Waals surface area contributed by atoms with Crippen LogP contribution >= 0.6 is 0 Å². The van der Waals surface area contributed by atoms with Crippen LogP contribution in [0.2, 0.25) is 0 Å². The molecule has 1 aliphatic rings. The topological polar surface area (TPSA) is 49.8 Å². The number of ether oxygens (including phenoxy) is 1. The van der Waals surface area contributed by atoms with Crippen molar-refractivity contribution in [3.63, 3.8) is 0 Å². The summed E-state index contributed by atoms with van der Waals surface area (Å²) in [6, 6.07) is 33.2. The third-order valence-electron chi connectivity index (χ3n) is 6.71. The van der Waals surface area contributed by atoms with Gasteiger partial charge in [-0.25, -0.2) is 0 Å². The first kappa shape index (κ1) is 22.2. The average molecular weight is 452 g/mol. The number of carboxylic acid groups (broad SMARTS) is 1. The minimum Gasteiger partial charge on any atom is -0.489 e. The van der Waals surface area contributed by atoms with Crippen molar-refractivity contribution >= 4 is 16.7 Å². The van der Waals surface area contributed by atoms with E-state index in [0.717, 1.165) is 41.8 Å². The molecule has 1 N–H and O–H groups in total. The molecule has 4 nitrogen and oxygen atoms in total. The summed E-state index contributed by atoms with van der Waals surface area (Å²) in [6.45, 7) is 1.87. The Labute approximate surface area is 200 Å². The number of nitrogens with zero attached hydrogens (tertiary/aromatic N) is 1. The number of fused-ring (bicyclic) bond motifs is 1. The summed E-state index contributed by atoms with van der Waals surface area (Å²) in [7, 11) is 0. The molecule has 34 heavy (non-hydrogen) atoms. The maximum absolute atomic E-state index is 11.8. The van der Waals surface area contributed by atoms with Crippen LogP contribution in [-0.2, 0) is 11.4 Å². The van der Waals surface area contributed by atoms with Crippen molar-refractivity contribution in [3.05, 3.63) is 114 Å². The molecule has 0 bridgehead atoms. The van der Waals surface area contributed by atoms with E-state index in [0.29, 0.717) is 13.2 Å². The van der Waals surface area contributed by atoms with Gasteiger partial charge in [-0.3, -0.25) is 9.69 Å². The largest absolute Gasteiger partial charge is 0.489 e. The fourth-order valence-corrected chi connectivity index (χ4v) is 4.98. The summed E-state index contributed by atoms with van der Waals surface area (Å²) in [4.78, 5) is 14.2. The number of likely N-dealkylation sites (tertiary alicyclic amines) is 1. The Bertz CT molecular complexity index is 1270. The summed E-state index contributed by atoms with van der Waals surface area (Å²) in [5, 5.41) is 12.1. The first-order chi connectivity index (χ1) is 16.7. The van der Waals surface area contributed by atoms with E-state index in [9.17, 15) is 9.90 Å². The van der Waals surface area contributed by atoms with Crippen molar-refractivity contribution in [2.24, 2.45) is 5.92 Å². The predicted molar refractivity (Wildman–Crippen MR) is 135 cm³/mol. The number of hydrogen-bond acceptors (Lipinski definition) is 3. The highest BCUT2D eigenvalue weighted by Crippen LogP contribution is 2.38. The normalized spacial score (nSPS) is 17.4. The lowest BCUT2D eigenvalue weighted by Gasteiger charge is -2.38. The summed E-state index contributed by atoms with van der Waals surface area (Å²) in [6.07, 6.45) is 1.59. The quantitative estimate of drug-likeness (QED) is 0.358. The van der Waals surface area contributed by atoms with Crippen molar-refractivity contribution in [3.8, 4) is 5.75 Å². The molecule has 1 fully saturated rings. The molecule has 0 aromatic heterocycles. The molecule has 0 radical (unpaired) electrons. The van der Waals surface area contributed by atoms with E-state index in [1.54, 1.807) is 0 Å². The molecule has 2 atom stereocenters. The zero-order valence-corrected chi connectivity index (χ0v) is 19.1. The molecule has 1 saturated heterocycles. The highest BCUT2D eigenvalue weighted by atomic mass is 16.5. The number of hydrogen-bond donors (Lipinski definition) is 1. The first-order valence-electron chi connectivity index (χ1n) is 11.9. The van der Waals surface area contributed by atoms with Gasteiger partial charge in [0.15, 0.2) is 0 Å². The van der Waals surface area contributed by atoms with Gasteiger partial charge in [-0.1, -0.05) is 84.9 Å². The molecule has 0 amide bonds. The summed E-state index contributed by atoms with van der Waals surface area (Å²) < 4.78 is 6.34. The van der Waals surface area contributed by atoms with E-state index < -0.39 is 5.97 Å². The highest BCUT2D eigenvalue weighted by molar-refractivity contribution is 5.83. The maximum Gasteiger partial charge on any atom is 0.307 e. The van der Waals surface area contributed by atoms with Gasteiger partial charge in [-0.05, 0) is 53.4 Å². The molecule has 5 rings (SSSR count). The molecule has 4 aromatic carbocycles. The Hall–Kier alpha value is -3.63. The van der Waals surface area contributed by atoms with Gasteiger partial charge in [0.1, 0.15) is 12.4 Å². The van der Waals surface area contributed by atoms with E-state index in [4.69, 9.17) is 4.74 Å². The second-order valence-corrected chi connectivity index (χ2v) is 8.99. The maximum atomic E-state index is 11.8. The van der Waals surface area contributed by atoms with Crippen LogP contribution in [0.5, 0.6) is 5.75 Å². The standard InChI is InChI=1S/C30H29NO3/c32-30(33)26-13-8-18-31(20-26)29(25-17-16-23-11-4-5-12-24(23)19-25)27-14-6-7-15-28(27)34-21-22-9-2-1-3-10-22/h1-7,9-12,14-17,19,26,29H,8,13,18,20-21H2,(H,32,33). The second-order valence-electron chi connectivity index (χ2n) is 8.99. The zero-order chi connectivity index (χ0) is 23.3. The van der Waals surface area contributed by atoms with Crippen LogP contribution in [0, 0.1) is 5.92 Å². The molecule has 172 valence electrons. The average Bonchev–Trinajstić information content (AvgIpc) is 2.89. The number of piperidine rings is 1. The highest BCUT2D eigenvalue weighted by Gasteiger charge is 2.32. The molecular formula is C30H29NO3. The van der Waals surface area contributed by atoms with Crippen LogP contribution in [-0.4, -0.2) is 29.1 Å². The number of carboxylic acids is 1. The molecule has 0 spiro atoms. The lowest BCUT2D eigenvalue weighted by atomic mass is 9.90. The van der Waals surface area contributed by atoms with Gasteiger partial charge in [0.05, 0.1) is 12.0 Å². The third kappa shape index (κ3) is 4.82. The number of carbonyl (C=O) groups is 1. The van der Waals surface area contributed by atoms with Crippen LogP contribution in [0.15, 0.2) is 97.1 Å². The molecule has 0 aliphatic carbocycles. The predicted octanol–water partition coefficient (Wildman–Crippen LogP) is 6.30. The first-order valence-corrected chi connectivity index (χ1v) is 11.9. The van der Waals surface area contributed by atoms with Gasteiger partial charge >= 0.3 is 5.97 Å². The third-order valence-corrected chi connectivity index (χ3v) is 6.71. The lowest BCUT2D eigenvalue weighted by molar-refractivity contribution is -0.143. The number of rotatable bonds is 7. The second kappa shape index (κ2) is 10.1. The number of aliphatic carboxylic acids is 1. The van der Waals surface area contributed by atoms with Crippen LogP contribution in [0.3, 0.4) is 0 Å².